The average Bonchev–Trinajstić information content (AvgIpc) is 2.52. The number of carbonyl (C=O) groups is 2. The van der Waals surface area contributed by atoms with Gasteiger partial charge in [0.05, 0.1) is 5.69 Å². The molecule has 2 aromatic rings. The molecule has 124 valence electrons. The van der Waals surface area contributed by atoms with E-state index in [0.29, 0.717) is 30.7 Å². The summed E-state index contributed by atoms with van der Waals surface area (Å²) in [5, 5.41) is 2.35. The van der Waals surface area contributed by atoms with Crippen LogP contribution < -0.4 is 5.32 Å². The van der Waals surface area contributed by atoms with E-state index in [1.54, 1.807) is 6.07 Å². The first-order valence-corrected chi connectivity index (χ1v) is 7.36. The Labute approximate surface area is 135 Å². The molecule has 1 N–H and O–H groups in total. The molecule has 0 atom stereocenters. The summed E-state index contributed by atoms with van der Waals surface area (Å²) in [6, 6.07) is 4.32. The van der Waals surface area contributed by atoms with Gasteiger partial charge >= 0.3 is 0 Å². The minimum absolute atomic E-state index is 0.0583. The molecular formula is C17H13F3N2O2. The van der Waals surface area contributed by atoms with E-state index in [2.05, 4.69) is 10.3 Å². The largest absolute Gasteiger partial charge is 0.346 e. The van der Waals surface area contributed by atoms with Crippen LogP contribution in [-0.4, -0.2) is 16.7 Å². The molecule has 0 bridgehead atoms. The lowest BCUT2D eigenvalue weighted by molar-refractivity contribution is -0.118. The number of nitrogens with zero attached hydrogens (tertiary/aromatic N) is 1. The van der Waals surface area contributed by atoms with Crippen LogP contribution in [0.1, 0.15) is 33.7 Å². The van der Waals surface area contributed by atoms with Gasteiger partial charge in [-0.05, 0) is 18.1 Å². The fourth-order valence-corrected chi connectivity index (χ4v) is 2.59. The first kappa shape index (κ1) is 16.2. The van der Waals surface area contributed by atoms with E-state index in [-0.39, 0.29) is 17.9 Å². The number of halogens is 3. The summed E-state index contributed by atoms with van der Waals surface area (Å²) < 4.78 is 40.0. The Kier molecular flexibility index (Phi) is 4.33. The van der Waals surface area contributed by atoms with Gasteiger partial charge in [0.2, 0.25) is 0 Å². The molecule has 4 nitrogen and oxygen atoms in total. The normalized spacial score (nSPS) is 13.5. The molecule has 0 spiro atoms. The minimum Gasteiger partial charge on any atom is -0.346 e. The molecule has 0 fully saturated rings. The number of carbonyl (C=O) groups excluding carboxylic acids is 2. The van der Waals surface area contributed by atoms with Gasteiger partial charge in [-0.1, -0.05) is 6.07 Å². The summed E-state index contributed by atoms with van der Waals surface area (Å²) in [5.74, 6) is -3.74. The smallest absolute Gasteiger partial charge is 0.270 e. The Balaban J connectivity index is 1.74. The Morgan fingerprint density at radius 1 is 1.12 bits per heavy atom. The van der Waals surface area contributed by atoms with E-state index in [4.69, 9.17) is 0 Å². The number of nitrogens with one attached hydrogen (secondary N) is 1. The van der Waals surface area contributed by atoms with Crippen molar-refractivity contribution >= 4 is 11.7 Å². The number of benzene rings is 1. The fraction of sp³-hybridized carbons (Fsp3) is 0.235. The molecule has 0 aliphatic heterocycles. The molecule has 0 saturated heterocycles. The van der Waals surface area contributed by atoms with Crippen LogP contribution >= 0.6 is 0 Å². The third kappa shape index (κ3) is 3.29. The Morgan fingerprint density at radius 3 is 2.54 bits per heavy atom. The molecule has 1 aliphatic carbocycles. The van der Waals surface area contributed by atoms with E-state index in [1.165, 1.54) is 6.07 Å². The molecule has 7 heteroatoms. The first-order chi connectivity index (χ1) is 11.4. The van der Waals surface area contributed by atoms with Crippen molar-refractivity contribution in [2.24, 2.45) is 0 Å². The third-order valence-corrected chi connectivity index (χ3v) is 3.87. The zero-order valence-electron chi connectivity index (χ0n) is 12.5. The van der Waals surface area contributed by atoms with Crippen LogP contribution in [0.4, 0.5) is 13.2 Å². The van der Waals surface area contributed by atoms with Crippen molar-refractivity contribution in [3.8, 4) is 0 Å². The van der Waals surface area contributed by atoms with Gasteiger partial charge in [0, 0.05) is 37.1 Å². The van der Waals surface area contributed by atoms with E-state index < -0.39 is 35.5 Å². The second-order valence-electron chi connectivity index (χ2n) is 5.55. The lowest BCUT2D eigenvalue weighted by Gasteiger charge is -2.14. The second-order valence-corrected chi connectivity index (χ2v) is 5.55. The number of ketones is 1. The summed E-state index contributed by atoms with van der Waals surface area (Å²) in [7, 11) is 0. The summed E-state index contributed by atoms with van der Waals surface area (Å²) in [6.45, 7) is -0.436. The molecule has 1 aromatic heterocycles. The van der Waals surface area contributed by atoms with Crippen LogP contribution in [0.15, 0.2) is 24.3 Å². The molecule has 0 unspecified atom stereocenters. The number of aryl methyl sites for hydroxylation is 1. The third-order valence-electron chi connectivity index (χ3n) is 3.87. The highest BCUT2D eigenvalue weighted by Crippen LogP contribution is 2.18. The summed E-state index contributed by atoms with van der Waals surface area (Å²) in [5.41, 5.74) is 1.10. The van der Waals surface area contributed by atoms with Crippen LogP contribution in [0, 0.1) is 17.5 Å². The number of hydrogen-bond donors (Lipinski definition) is 1. The van der Waals surface area contributed by atoms with Crippen LogP contribution in [0.2, 0.25) is 0 Å². The van der Waals surface area contributed by atoms with Gasteiger partial charge in [-0.15, -0.1) is 0 Å². The van der Waals surface area contributed by atoms with Crippen molar-refractivity contribution in [3.05, 3.63) is 64.2 Å². The van der Waals surface area contributed by atoms with Crippen LogP contribution in [0.25, 0.3) is 0 Å². The highest BCUT2D eigenvalue weighted by atomic mass is 19.1. The minimum atomic E-state index is -1.07. The molecule has 1 aromatic carbocycles. The Hall–Kier alpha value is -2.70. The molecule has 24 heavy (non-hydrogen) atoms. The second kappa shape index (κ2) is 6.43. The molecular weight excluding hydrogens is 321 g/mol. The fourth-order valence-electron chi connectivity index (χ4n) is 2.59. The van der Waals surface area contributed by atoms with E-state index in [9.17, 15) is 22.8 Å². The highest BCUT2D eigenvalue weighted by molar-refractivity contribution is 5.92. The van der Waals surface area contributed by atoms with Crippen molar-refractivity contribution in [3.63, 3.8) is 0 Å². The Bertz CT molecular complexity index is 814. The number of amides is 1. The summed E-state index contributed by atoms with van der Waals surface area (Å²) >= 11 is 0. The van der Waals surface area contributed by atoms with Crippen LogP contribution in [0.3, 0.4) is 0 Å². The maximum atomic E-state index is 13.5. The zero-order chi connectivity index (χ0) is 17.3. The van der Waals surface area contributed by atoms with Crippen molar-refractivity contribution < 1.29 is 22.8 Å². The molecule has 3 rings (SSSR count). The van der Waals surface area contributed by atoms with Gasteiger partial charge in [-0.3, -0.25) is 9.59 Å². The molecule has 1 amide bonds. The van der Waals surface area contributed by atoms with Gasteiger partial charge in [-0.2, -0.15) is 0 Å². The van der Waals surface area contributed by atoms with E-state index in [1.807, 2.05) is 0 Å². The number of fused-ring (bicyclic) bond motifs is 1. The lowest BCUT2D eigenvalue weighted by Crippen LogP contribution is -2.26. The summed E-state index contributed by atoms with van der Waals surface area (Å²) in [6.07, 6.45) is 1.23. The number of rotatable bonds is 3. The first-order valence-electron chi connectivity index (χ1n) is 7.36. The topological polar surface area (TPSA) is 59.1 Å². The van der Waals surface area contributed by atoms with Gasteiger partial charge in [0.1, 0.15) is 28.9 Å². The van der Waals surface area contributed by atoms with Crippen molar-refractivity contribution in [1.29, 1.82) is 0 Å². The van der Waals surface area contributed by atoms with E-state index in [0.717, 1.165) is 5.56 Å². The van der Waals surface area contributed by atoms with Crippen molar-refractivity contribution in [2.75, 3.05) is 0 Å². The Morgan fingerprint density at radius 2 is 1.83 bits per heavy atom. The summed E-state index contributed by atoms with van der Waals surface area (Å²) in [4.78, 5) is 27.7. The maximum Gasteiger partial charge on any atom is 0.270 e. The average molecular weight is 334 g/mol. The predicted molar refractivity (Wildman–Crippen MR) is 78.8 cm³/mol. The highest BCUT2D eigenvalue weighted by Gasteiger charge is 2.19. The van der Waals surface area contributed by atoms with Gasteiger partial charge in [0.15, 0.2) is 0 Å². The number of aromatic nitrogens is 1. The maximum absolute atomic E-state index is 13.5. The zero-order valence-corrected chi connectivity index (χ0v) is 12.5. The quantitative estimate of drug-likeness (QED) is 0.938. The lowest BCUT2D eigenvalue weighted by atomic mass is 9.95. The molecule has 0 saturated carbocycles. The van der Waals surface area contributed by atoms with Crippen LogP contribution in [0.5, 0.6) is 0 Å². The number of pyridine rings is 1. The molecule has 1 heterocycles. The number of hydrogen-bond acceptors (Lipinski definition) is 3. The van der Waals surface area contributed by atoms with E-state index >= 15 is 0 Å². The SMILES string of the molecule is O=C1CCc2ccc(C(=O)NCc3c(F)cc(F)cc3F)nc2C1. The van der Waals surface area contributed by atoms with Gasteiger partial charge < -0.3 is 5.32 Å². The monoisotopic (exact) mass is 334 g/mol. The van der Waals surface area contributed by atoms with Crippen molar-refractivity contribution in [2.45, 2.75) is 25.8 Å². The standard InChI is InChI=1S/C17H13F3N2O2/c18-10-5-13(19)12(14(20)6-10)8-21-17(24)15-4-2-9-1-3-11(23)7-16(9)22-15/h2,4-6H,1,3,7-8H2,(H,21,24). The van der Waals surface area contributed by atoms with Gasteiger partial charge in [0.25, 0.3) is 5.91 Å². The van der Waals surface area contributed by atoms with Crippen molar-refractivity contribution in [1.82, 2.24) is 10.3 Å². The molecule has 1 aliphatic rings. The predicted octanol–water partition coefficient (Wildman–Crippen LogP) is 2.49. The van der Waals surface area contributed by atoms with Gasteiger partial charge in [-0.25, -0.2) is 18.2 Å². The number of Topliss-reactive ketones (excluding diaryl/α,β-unsaturated/α-hetero) is 1. The van der Waals surface area contributed by atoms with Crippen LogP contribution in [-0.2, 0) is 24.2 Å². The molecule has 0 radical (unpaired) electrons.